The molecule has 0 heterocycles. The van der Waals surface area contributed by atoms with Gasteiger partial charge in [-0.05, 0) is 44.6 Å². The van der Waals surface area contributed by atoms with Gasteiger partial charge in [-0.25, -0.2) is 9.59 Å². The molecule has 1 aliphatic rings. The van der Waals surface area contributed by atoms with Gasteiger partial charge in [-0.1, -0.05) is 31.4 Å². The van der Waals surface area contributed by atoms with Crippen LogP contribution < -0.4 is 0 Å². The molecule has 2 rings (SSSR count). The average molecular weight is 477 g/mol. The summed E-state index contributed by atoms with van der Waals surface area (Å²) in [6.45, 7) is 4.40. The molecule has 2 N–H and O–H groups in total. The lowest BCUT2D eigenvalue weighted by molar-refractivity contribution is 0.130. The second kappa shape index (κ2) is 12.5. The number of phenols is 2. The predicted octanol–water partition coefficient (Wildman–Crippen LogP) is 5.44. The summed E-state index contributed by atoms with van der Waals surface area (Å²) in [5.41, 5.74) is 3.60. The molecule has 0 saturated carbocycles. The molecule has 1 aromatic carbocycles. The molecule has 190 valence electrons. The van der Waals surface area contributed by atoms with Gasteiger partial charge >= 0.3 is 12.2 Å². The number of rotatable bonds is 9. The minimum atomic E-state index is -0.518. The normalized spacial score (nSPS) is 15.5. The van der Waals surface area contributed by atoms with Crippen LogP contribution in [0.25, 0.3) is 0 Å². The first-order chi connectivity index (χ1) is 16.2. The van der Waals surface area contributed by atoms with Gasteiger partial charge < -0.3 is 29.5 Å². The van der Waals surface area contributed by atoms with Crippen LogP contribution >= 0.6 is 0 Å². The lowest BCUT2D eigenvalue weighted by Gasteiger charge is -2.29. The van der Waals surface area contributed by atoms with Gasteiger partial charge in [0.25, 0.3) is 0 Å². The number of aromatic hydroxyl groups is 2. The standard InChI is InChI=1S/C26H40N2O6/c1-7-8-9-13-19-20(15-27(3)25(31)33-5)23(29)22(18-12-10-11-17(2)14-18)24(30)21(19)16-28(4)26(32)34-6/h14,18,29-30H,7-13,15-16H2,1-6H3. The topological polar surface area (TPSA) is 99.5 Å². The summed E-state index contributed by atoms with van der Waals surface area (Å²) < 4.78 is 9.73. The van der Waals surface area contributed by atoms with E-state index in [4.69, 9.17) is 9.47 Å². The maximum Gasteiger partial charge on any atom is 0.409 e. The summed E-state index contributed by atoms with van der Waals surface area (Å²) in [5, 5.41) is 23.0. The molecule has 0 saturated heterocycles. The van der Waals surface area contributed by atoms with Crippen LogP contribution in [0.3, 0.4) is 0 Å². The fraction of sp³-hybridized carbons (Fsp3) is 0.615. The number of hydrogen-bond donors (Lipinski definition) is 2. The number of methoxy groups -OCH3 is 2. The van der Waals surface area contributed by atoms with Gasteiger partial charge in [0.2, 0.25) is 0 Å². The molecule has 0 aliphatic heterocycles. The summed E-state index contributed by atoms with van der Waals surface area (Å²) in [6.07, 6.45) is 7.24. The van der Waals surface area contributed by atoms with Gasteiger partial charge in [0.05, 0.1) is 27.3 Å². The molecule has 34 heavy (non-hydrogen) atoms. The molecule has 0 radical (unpaired) electrons. The molecular formula is C26H40N2O6. The quantitative estimate of drug-likeness (QED) is 0.364. The Balaban J connectivity index is 2.74. The number of benzene rings is 1. The molecular weight excluding hydrogens is 436 g/mol. The smallest absolute Gasteiger partial charge is 0.409 e. The zero-order chi connectivity index (χ0) is 25.4. The summed E-state index contributed by atoms with van der Waals surface area (Å²) in [6, 6.07) is 0. The van der Waals surface area contributed by atoms with E-state index in [9.17, 15) is 19.8 Å². The second-order valence-corrected chi connectivity index (χ2v) is 9.17. The summed E-state index contributed by atoms with van der Waals surface area (Å²) in [4.78, 5) is 27.2. The molecule has 1 unspecified atom stereocenters. The molecule has 8 heteroatoms. The minimum Gasteiger partial charge on any atom is -0.507 e. The molecule has 0 bridgehead atoms. The Bertz CT molecular complexity index is 860. The first-order valence-electron chi connectivity index (χ1n) is 12.0. The average Bonchev–Trinajstić information content (AvgIpc) is 2.82. The Hall–Kier alpha value is -2.90. The summed E-state index contributed by atoms with van der Waals surface area (Å²) in [7, 11) is 5.85. The number of ether oxygens (including phenoxy) is 2. The van der Waals surface area contributed by atoms with Crippen molar-refractivity contribution in [3.05, 3.63) is 33.9 Å². The lowest BCUT2D eigenvalue weighted by atomic mass is 9.81. The Kier molecular flexibility index (Phi) is 10.1. The number of unbranched alkanes of at least 4 members (excludes halogenated alkanes) is 2. The summed E-state index contributed by atoms with van der Waals surface area (Å²) in [5.74, 6) is -0.122. The second-order valence-electron chi connectivity index (χ2n) is 9.17. The van der Waals surface area contributed by atoms with Crippen LogP contribution in [0.5, 0.6) is 11.5 Å². The van der Waals surface area contributed by atoms with Crippen LogP contribution in [0.2, 0.25) is 0 Å². The van der Waals surface area contributed by atoms with Crippen molar-refractivity contribution in [1.29, 1.82) is 0 Å². The number of allylic oxidation sites excluding steroid dienone is 2. The molecule has 2 amide bonds. The van der Waals surface area contributed by atoms with Gasteiger partial charge in [0, 0.05) is 36.7 Å². The highest BCUT2D eigenvalue weighted by atomic mass is 16.5. The van der Waals surface area contributed by atoms with Crippen LogP contribution in [0.1, 0.15) is 80.5 Å². The molecule has 1 aliphatic carbocycles. The third kappa shape index (κ3) is 6.36. The summed E-state index contributed by atoms with van der Waals surface area (Å²) >= 11 is 0. The van der Waals surface area contributed by atoms with E-state index in [1.165, 1.54) is 29.6 Å². The van der Waals surface area contributed by atoms with E-state index in [0.29, 0.717) is 23.1 Å². The largest absolute Gasteiger partial charge is 0.507 e. The number of nitrogens with zero attached hydrogens (tertiary/aromatic N) is 2. The third-order valence-electron chi connectivity index (χ3n) is 6.55. The number of hydrogen-bond acceptors (Lipinski definition) is 6. The zero-order valence-corrected chi connectivity index (χ0v) is 21.4. The molecule has 1 aromatic rings. The lowest BCUT2D eigenvalue weighted by Crippen LogP contribution is -2.29. The number of phenolic OH excluding ortho intramolecular Hbond substituents is 2. The monoisotopic (exact) mass is 476 g/mol. The first-order valence-corrected chi connectivity index (χ1v) is 12.0. The van der Waals surface area contributed by atoms with E-state index in [-0.39, 0.29) is 30.5 Å². The van der Waals surface area contributed by atoms with Crippen molar-refractivity contribution >= 4 is 12.2 Å². The van der Waals surface area contributed by atoms with E-state index in [1.54, 1.807) is 14.1 Å². The molecule has 0 spiro atoms. The van der Waals surface area contributed by atoms with Gasteiger partial charge in [-0.3, -0.25) is 0 Å². The van der Waals surface area contributed by atoms with Crippen molar-refractivity contribution in [1.82, 2.24) is 9.80 Å². The minimum absolute atomic E-state index is 0.0140. The van der Waals surface area contributed by atoms with Gasteiger partial charge in [0.15, 0.2) is 0 Å². The Morgan fingerprint density at radius 2 is 1.50 bits per heavy atom. The van der Waals surface area contributed by atoms with Crippen LogP contribution in [-0.4, -0.2) is 60.5 Å². The fourth-order valence-corrected chi connectivity index (χ4v) is 4.70. The van der Waals surface area contributed by atoms with Crippen molar-refractivity contribution in [2.75, 3.05) is 28.3 Å². The van der Waals surface area contributed by atoms with Gasteiger partial charge in [0.1, 0.15) is 11.5 Å². The van der Waals surface area contributed by atoms with Gasteiger partial charge in [-0.15, -0.1) is 0 Å². The van der Waals surface area contributed by atoms with Crippen LogP contribution in [0, 0.1) is 0 Å². The van der Waals surface area contributed by atoms with Crippen LogP contribution in [-0.2, 0) is 29.0 Å². The van der Waals surface area contributed by atoms with E-state index >= 15 is 0 Å². The van der Waals surface area contributed by atoms with E-state index in [1.807, 2.05) is 0 Å². The highest BCUT2D eigenvalue weighted by molar-refractivity contribution is 5.69. The van der Waals surface area contributed by atoms with E-state index < -0.39 is 12.2 Å². The van der Waals surface area contributed by atoms with E-state index in [0.717, 1.165) is 44.1 Å². The number of carbonyl (C=O) groups is 2. The van der Waals surface area contributed by atoms with Crippen LogP contribution in [0.15, 0.2) is 11.6 Å². The molecule has 1 atom stereocenters. The maximum absolute atomic E-state index is 12.2. The van der Waals surface area contributed by atoms with E-state index in [2.05, 4.69) is 19.9 Å². The molecule has 0 fully saturated rings. The Labute approximate surface area is 203 Å². The van der Waals surface area contributed by atoms with Crippen LogP contribution in [0.4, 0.5) is 9.59 Å². The molecule has 0 aromatic heterocycles. The van der Waals surface area contributed by atoms with Crippen molar-refractivity contribution in [2.24, 2.45) is 0 Å². The number of amides is 2. The van der Waals surface area contributed by atoms with Crippen molar-refractivity contribution in [2.45, 2.75) is 77.8 Å². The number of carbonyl (C=O) groups excluding carboxylic acids is 2. The Morgan fingerprint density at radius 1 is 0.971 bits per heavy atom. The molecule has 8 nitrogen and oxygen atoms in total. The first kappa shape index (κ1) is 27.3. The van der Waals surface area contributed by atoms with Crippen molar-refractivity contribution in [3.8, 4) is 11.5 Å². The SMILES string of the molecule is CCCCCc1c(CN(C)C(=O)OC)c(O)c(C2C=C(C)CCC2)c(O)c1CN(C)C(=O)OC. The zero-order valence-electron chi connectivity index (χ0n) is 21.4. The predicted molar refractivity (Wildman–Crippen MR) is 131 cm³/mol. The Morgan fingerprint density at radius 3 is 1.94 bits per heavy atom. The third-order valence-corrected chi connectivity index (χ3v) is 6.55. The van der Waals surface area contributed by atoms with Gasteiger partial charge in [-0.2, -0.15) is 0 Å². The highest BCUT2D eigenvalue weighted by Crippen LogP contribution is 2.47. The highest BCUT2D eigenvalue weighted by Gasteiger charge is 2.30. The van der Waals surface area contributed by atoms with Crippen molar-refractivity contribution in [3.63, 3.8) is 0 Å². The maximum atomic E-state index is 12.2. The van der Waals surface area contributed by atoms with Crippen molar-refractivity contribution < 1.29 is 29.3 Å². The fourth-order valence-electron chi connectivity index (χ4n) is 4.70.